The van der Waals surface area contributed by atoms with Crippen LogP contribution in [-0.2, 0) is 6.54 Å². The van der Waals surface area contributed by atoms with Crippen molar-refractivity contribution in [3.63, 3.8) is 0 Å². The van der Waals surface area contributed by atoms with E-state index in [0.29, 0.717) is 28.7 Å². The lowest BCUT2D eigenvalue weighted by molar-refractivity contribution is 0.0945. The van der Waals surface area contributed by atoms with E-state index in [-0.39, 0.29) is 11.6 Å². The molecule has 3 aromatic rings. The number of methoxy groups -OCH3 is 1. The molecule has 0 saturated heterocycles. The molecule has 0 radical (unpaired) electrons. The van der Waals surface area contributed by atoms with Gasteiger partial charge in [0.25, 0.3) is 5.91 Å². The van der Waals surface area contributed by atoms with Gasteiger partial charge in [-0.1, -0.05) is 47.1 Å². The first kappa shape index (κ1) is 17.0. The number of benzene rings is 2. The van der Waals surface area contributed by atoms with Gasteiger partial charge in [0.15, 0.2) is 5.69 Å². The van der Waals surface area contributed by atoms with Crippen LogP contribution in [0.3, 0.4) is 0 Å². The Morgan fingerprint density at radius 2 is 2.00 bits per heavy atom. The van der Waals surface area contributed by atoms with Crippen LogP contribution in [0.1, 0.15) is 21.7 Å². The fourth-order valence-corrected chi connectivity index (χ4v) is 2.69. The molecule has 0 saturated carbocycles. The normalized spacial score (nSPS) is 10.5. The first-order valence-corrected chi connectivity index (χ1v) is 8.06. The quantitative estimate of drug-likeness (QED) is 0.762. The van der Waals surface area contributed by atoms with E-state index in [0.717, 1.165) is 5.56 Å². The van der Waals surface area contributed by atoms with Gasteiger partial charge in [0, 0.05) is 6.54 Å². The lowest BCUT2D eigenvalue weighted by Crippen LogP contribution is -2.24. The van der Waals surface area contributed by atoms with Gasteiger partial charge in [-0.05, 0) is 30.7 Å². The summed E-state index contributed by atoms with van der Waals surface area (Å²) in [6.45, 7) is 2.22. The molecule has 0 atom stereocenters. The van der Waals surface area contributed by atoms with Crippen LogP contribution in [0.2, 0.25) is 5.02 Å². The molecular weight excluding hydrogens is 340 g/mol. The summed E-state index contributed by atoms with van der Waals surface area (Å²) in [6, 6.07) is 14.9. The highest BCUT2D eigenvalue weighted by Crippen LogP contribution is 2.27. The Labute approximate surface area is 150 Å². The largest absolute Gasteiger partial charge is 0.495 e. The minimum atomic E-state index is -0.271. The van der Waals surface area contributed by atoms with E-state index in [1.807, 2.05) is 30.3 Å². The lowest BCUT2D eigenvalue weighted by atomic mass is 10.2. The van der Waals surface area contributed by atoms with Crippen LogP contribution in [0, 0.1) is 6.92 Å². The van der Waals surface area contributed by atoms with Gasteiger partial charge in [-0.2, -0.15) is 0 Å². The molecule has 1 N–H and O–H groups in total. The fraction of sp³-hybridized carbons (Fsp3) is 0.167. The smallest absolute Gasteiger partial charge is 0.274 e. The number of carbonyl (C=O) groups excluding carboxylic acids is 1. The number of nitrogens with zero attached hydrogens (tertiary/aromatic N) is 3. The molecule has 0 fully saturated rings. The Balaban J connectivity index is 1.78. The Bertz CT molecular complexity index is 893. The number of hydrogen-bond donors (Lipinski definition) is 1. The number of ether oxygens (including phenoxy) is 1. The van der Waals surface area contributed by atoms with Crippen LogP contribution in [0.5, 0.6) is 5.75 Å². The number of amides is 1. The lowest BCUT2D eigenvalue weighted by Gasteiger charge is -2.07. The molecule has 25 heavy (non-hydrogen) atoms. The average Bonchev–Trinajstić information content (AvgIpc) is 3.02. The maximum Gasteiger partial charge on any atom is 0.274 e. The third-order valence-electron chi connectivity index (χ3n) is 3.79. The van der Waals surface area contributed by atoms with Gasteiger partial charge in [0.1, 0.15) is 5.75 Å². The summed E-state index contributed by atoms with van der Waals surface area (Å²) < 4.78 is 6.71. The Morgan fingerprint density at radius 3 is 2.68 bits per heavy atom. The Hall–Kier alpha value is -2.86. The maximum atomic E-state index is 12.4. The molecule has 0 spiro atoms. The van der Waals surface area contributed by atoms with Crippen LogP contribution in [0.15, 0.2) is 48.5 Å². The second kappa shape index (κ2) is 7.36. The van der Waals surface area contributed by atoms with E-state index < -0.39 is 0 Å². The van der Waals surface area contributed by atoms with E-state index in [9.17, 15) is 4.79 Å². The second-order valence-electron chi connectivity index (χ2n) is 5.42. The standard InChI is InChI=1S/C18H17ClN4O2/c1-12-17(18(24)20-11-13-6-4-3-5-7-13)21-22-23(12)14-8-9-16(25-2)15(19)10-14/h3-10H,11H2,1-2H3,(H,20,24). The first-order chi connectivity index (χ1) is 12.1. The maximum absolute atomic E-state index is 12.4. The molecule has 0 aliphatic heterocycles. The van der Waals surface area contributed by atoms with Crippen molar-refractivity contribution in [1.29, 1.82) is 0 Å². The van der Waals surface area contributed by atoms with Crippen LogP contribution >= 0.6 is 11.6 Å². The zero-order chi connectivity index (χ0) is 17.8. The van der Waals surface area contributed by atoms with Crippen LogP contribution in [0.4, 0.5) is 0 Å². The predicted octanol–water partition coefficient (Wildman–Crippen LogP) is 3.17. The molecule has 7 heteroatoms. The molecule has 3 rings (SSSR count). The molecule has 0 unspecified atom stereocenters. The van der Waals surface area contributed by atoms with Gasteiger partial charge < -0.3 is 10.1 Å². The van der Waals surface area contributed by atoms with Crippen molar-refractivity contribution in [1.82, 2.24) is 20.3 Å². The van der Waals surface area contributed by atoms with E-state index in [1.165, 1.54) is 0 Å². The van der Waals surface area contributed by atoms with Gasteiger partial charge in [0.2, 0.25) is 0 Å². The summed E-state index contributed by atoms with van der Waals surface area (Å²) in [7, 11) is 1.55. The highest BCUT2D eigenvalue weighted by molar-refractivity contribution is 6.32. The van der Waals surface area contributed by atoms with Crippen molar-refractivity contribution >= 4 is 17.5 Å². The highest BCUT2D eigenvalue weighted by atomic mass is 35.5. The number of hydrogen-bond acceptors (Lipinski definition) is 4. The van der Waals surface area contributed by atoms with E-state index >= 15 is 0 Å². The number of rotatable bonds is 5. The number of aromatic nitrogens is 3. The summed E-state index contributed by atoms with van der Waals surface area (Å²) in [5.74, 6) is 0.302. The van der Waals surface area contributed by atoms with E-state index in [2.05, 4.69) is 15.6 Å². The second-order valence-corrected chi connectivity index (χ2v) is 5.83. The minimum Gasteiger partial charge on any atom is -0.495 e. The van der Waals surface area contributed by atoms with Crippen molar-refractivity contribution in [2.45, 2.75) is 13.5 Å². The average molecular weight is 357 g/mol. The fourth-order valence-electron chi connectivity index (χ4n) is 2.43. The Morgan fingerprint density at radius 1 is 1.24 bits per heavy atom. The molecule has 6 nitrogen and oxygen atoms in total. The van der Waals surface area contributed by atoms with Crippen molar-refractivity contribution in [3.05, 3.63) is 70.5 Å². The minimum absolute atomic E-state index is 0.271. The van der Waals surface area contributed by atoms with Gasteiger partial charge in [-0.25, -0.2) is 4.68 Å². The summed E-state index contributed by atoms with van der Waals surface area (Å²) in [5.41, 5.74) is 2.63. The summed E-state index contributed by atoms with van der Waals surface area (Å²) >= 11 is 6.15. The van der Waals surface area contributed by atoms with Crippen LogP contribution in [-0.4, -0.2) is 28.0 Å². The summed E-state index contributed by atoms with van der Waals surface area (Å²) in [5, 5.41) is 11.4. The molecule has 1 aromatic heterocycles. The molecule has 0 aliphatic carbocycles. The molecule has 1 heterocycles. The number of nitrogens with one attached hydrogen (secondary N) is 1. The third kappa shape index (κ3) is 3.64. The van der Waals surface area contributed by atoms with Gasteiger partial charge >= 0.3 is 0 Å². The molecule has 2 aromatic carbocycles. The number of halogens is 1. The van der Waals surface area contributed by atoms with Crippen molar-refractivity contribution in [3.8, 4) is 11.4 Å². The highest BCUT2D eigenvalue weighted by Gasteiger charge is 2.17. The van der Waals surface area contributed by atoms with Crippen molar-refractivity contribution in [2.75, 3.05) is 7.11 Å². The van der Waals surface area contributed by atoms with Crippen LogP contribution < -0.4 is 10.1 Å². The SMILES string of the molecule is COc1ccc(-n2nnc(C(=O)NCc3ccccc3)c2C)cc1Cl. The molecule has 0 aliphatic rings. The van der Waals surface area contributed by atoms with Gasteiger partial charge in [-0.15, -0.1) is 5.10 Å². The van der Waals surface area contributed by atoms with Gasteiger partial charge in [0.05, 0.1) is 23.5 Å². The van der Waals surface area contributed by atoms with Crippen molar-refractivity contribution in [2.24, 2.45) is 0 Å². The monoisotopic (exact) mass is 356 g/mol. The molecular formula is C18H17ClN4O2. The summed E-state index contributed by atoms with van der Waals surface area (Å²) in [6.07, 6.45) is 0. The number of carbonyl (C=O) groups is 1. The summed E-state index contributed by atoms with van der Waals surface area (Å²) in [4.78, 5) is 12.4. The van der Waals surface area contributed by atoms with Crippen LogP contribution in [0.25, 0.3) is 5.69 Å². The van der Waals surface area contributed by atoms with Gasteiger partial charge in [-0.3, -0.25) is 4.79 Å². The first-order valence-electron chi connectivity index (χ1n) is 7.68. The topological polar surface area (TPSA) is 69.0 Å². The predicted molar refractivity (Wildman–Crippen MR) is 95.3 cm³/mol. The Kier molecular flexibility index (Phi) is 5.00. The van der Waals surface area contributed by atoms with Crippen molar-refractivity contribution < 1.29 is 9.53 Å². The molecule has 0 bridgehead atoms. The zero-order valence-corrected chi connectivity index (χ0v) is 14.6. The molecule has 128 valence electrons. The third-order valence-corrected chi connectivity index (χ3v) is 4.08. The molecule has 1 amide bonds. The zero-order valence-electron chi connectivity index (χ0n) is 13.9. The van der Waals surface area contributed by atoms with E-state index in [1.54, 1.807) is 36.9 Å². The van der Waals surface area contributed by atoms with E-state index in [4.69, 9.17) is 16.3 Å².